The van der Waals surface area contributed by atoms with Crippen LogP contribution in [0.15, 0.2) is 0 Å². The van der Waals surface area contributed by atoms with Crippen LogP contribution in [-0.2, 0) is 9.53 Å². The molecule has 0 aromatic heterocycles. The fraction of sp³-hybridized carbons (Fsp3) is 0.929. The Morgan fingerprint density at radius 1 is 1.17 bits per heavy atom. The Morgan fingerprint density at radius 3 is 2.83 bits per heavy atom. The zero-order valence-electron chi connectivity index (χ0n) is 11.1. The summed E-state index contributed by atoms with van der Waals surface area (Å²) in [6, 6.07) is 0.644. The summed E-state index contributed by atoms with van der Waals surface area (Å²) in [5, 5.41) is 3.59. The molecule has 18 heavy (non-hydrogen) atoms. The maximum absolute atomic E-state index is 12.3. The smallest absolute Gasteiger partial charge is 0.251 e. The van der Waals surface area contributed by atoms with E-state index in [9.17, 15) is 4.79 Å². The zero-order chi connectivity index (χ0) is 12.4. The van der Waals surface area contributed by atoms with Gasteiger partial charge in [-0.25, -0.2) is 0 Å². The van der Waals surface area contributed by atoms with Crippen LogP contribution in [0, 0.1) is 5.92 Å². The van der Waals surface area contributed by atoms with E-state index in [0.717, 1.165) is 45.5 Å². The van der Waals surface area contributed by atoms with E-state index in [2.05, 4.69) is 10.2 Å². The highest BCUT2D eigenvalue weighted by Gasteiger charge is 2.34. The molecule has 4 nitrogen and oxygen atoms in total. The molecule has 0 aliphatic carbocycles. The molecule has 4 heteroatoms. The topological polar surface area (TPSA) is 41.6 Å². The van der Waals surface area contributed by atoms with Gasteiger partial charge >= 0.3 is 0 Å². The lowest BCUT2D eigenvalue weighted by Gasteiger charge is -2.36. The Bertz CT molecular complexity index is 296. The number of nitrogens with zero attached hydrogens (tertiary/aromatic N) is 1. The van der Waals surface area contributed by atoms with Crippen molar-refractivity contribution < 1.29 is 9.53 Å². The predicted molar refractivity (Wildman–Crippen MR) is 69.3 cm³/mol. The summed E-state index contributed by atoms with van der Waals surface area (Å²) in [5.74, 6) is 0.904. The standard InChI is InChI=1S/C14H24N2O2/c17-14(13-6-3-9-18-13)16-8-2-4-11(10-16)12-5-1-7-15-12/h11-13,15H,1-10H2. The molecule has 0 bridgehead atoms. The lowest BCUT2D eigenvalue weighted by Crippen LogP contribution is -2.48. The van der Waals surface area contributed by atoms with Gasteiger partial charge in [0.2, 0.25) is 0 Å². The summed E-state index contributed by atoms with van der Waals surface area (Å²) in [5.41, 5.74) is 0. The molecule has 3 saturated heterocycles. The maximum atomic E-state index is 12.3. The van der Waals surface area contributed by atoms with Crippen molar-refractivity contribution in [3.05, 3.63) is 0 Å². The molecule has 3 heterocycles. The molecule has 0 spiro atoms. The predicted octanol–water partition coefficient (Wildman–Crippen LogP) is 1.16. The maximum Gasteiger partial charge on any atom is 0.251 e. The molecule has 0 aromatic rings. The molecule has 0 saturated carbocycles. The number of amides is 1. The first-order chi connectivity index (χ1) is 8.84. The lowest BCUT2D eigenvalue weighted by molar-refractivity contribution is -0.143. The van der Waals surface area contributed by atoms with Gasteiger partial charge in [0.15, 0.2) is 0 Å². The average Bonchev–Trinajstić information content (AvgIpc) is 3.11. The summed E-state index contributed by atoms with van der Waals surface area (Å²) < 4.78 is 5.52. The van der Waals surface area contributed by atoms with Crippen molar-refractivity contribution in [1.82, 2.24) is 10.2 Å². The van der Waals surface area contributed by atoms with Gasteiger partial charge in [0.05, 0.1) is 0 Å². The molecule has 3 fully saturated rings. The third-order valence-electron chi connectivity index (χ3n) is 4.64. The summed E-state index contributed by atoms with van der Waals surface area (Å²) in [4.78, 5) is 14.4. The van der Waals surface area contributed by atoms with E-state index >= 15 is 0 Å². The molecule has 3 aliphatic rings. The van der Waals surface area contributed by atoms with Crippen molar-refractivity contribution in [1.29, 1.82) is 0 Å². The number of carbonyl (C=O) groups is 1. The van der Waals surface area contributed by atoms with E-state index < -0.39 is 0 Å². The van der Waals surface area contributed by atoms with Gasteiger partial charge in [0.1, 0.15) is 6.10 Å². The van der Waals surface area contributed by atoms with Gasteiger partial charge in [-0.2, -0.15) is 0 Å². The fourth-order valence-corrected chi connectivity index (χ4v) is 3.63. The number of ether oxygens (including phenoxy) is 1. The number of hydrogen-bond donors (Lipinski definition) is 1. The molecule has 3 aliphatic heterocycles. The second-order valence-corrected chi connectivity index (χ2v) is 5.89. The number of nitrogens with one attached hydrogen (secondary N) is 1. The monoisotopic (exact) mass is 252 g/mol. The van der Waals surface area contributed by atoms with Crippen LogP contribution >= 0.6 is 0 Å². The van der Waals surface area contributed by atoms with Crippen molar-refractivity contribution in [2.24, 2.45) is 5.92 Å². The number of carbonyl (C=O) groups excluding carboxylic acids is 1. The first kappa shape index (κ1) is 12.4. The van der Waals surface area contributed by atoms with Crippen molar-refractivity contribution in [2.45, 2.75) is 50.7 Å². The number of hydrogen-bond acceptors (Lipinski definition) is 3. The average molecular weight is 252 g/mol. The Kier molecular flexibility index (Phi) is 3.85. The Hall–Kier alpha value is -0.610. The van der Waals surface area contributed by atoms with E-state index in [0.29, 0.717) is 12.0 Å². The van der Waals surface area contributed by atoms with Crippen LogP contribution in [0.4, 0.5) is 0 Å². The quantitative estimate of drug-likeness (QED) is 0.802. The third kappa shape index (κ3) is 2.54. The highest BCUT2D eigenvalue weighted by Crippen LogP contribution is 2.26. The number of piperidine rings is 1. The van der Waals surface area contributed by atoms with E-state index in [1.165, 1.54) is 19.3 Å². The highest BCUT2D eigenvalue weighted by atomic mass is 16.5. The molecule has 1 N–H and O–H groups in total. The fourth-order valence-electron chi connectivity index (χ4n) is 3.63. The van der Waals surface area contributed by atoms with Gasteiger partial charge < -0.3 is 15.0 Å². The van der Waals surface area contributed by atoms with Crippen LogP contribution in [0.1, 0.15) is 38.5 Å². The summed E-state index contributed by atoms with van der Waals surface area (Å²) in [6.07, 6.45) is 6.82. The summed E-state index contributed by atoms with van der Waals surface area (Å²) >= 11 is 0. The largest absolute Gasteiger partial charge is 0.368 e. The minimum Gasteiger partial charge on any atom is -0.368 e. The highest BCUT2D eigenvalue weighted by molar-refractivity contribution is 5.81. The molecule has 0 aromatic carbocycles. The normalized spacial score (nSPS) is 37.1. The zero-order valence-corrected chi connectivity index (χ0v) is 11.1. The second-order valence-electron chi connectivity index (χ2n) is 5.89. The second kappa shape index (κ2) is 5.57. The molecule has 3 atom stereocenters. The Balaban J connectivity index is 1.57. The first-order valence-electron chi connectivity index (χ1n) is 7.48. The Morgan fingerprint density at radius 2 is 2.11 bits per heavy atom. The van der Waals surface area contributed by atoms with Crippen molar-refractivity contribution in [2.75, 3.05) is 26.2 Å². The minimum absolute atomic E-state index is 0.139. The molecule has 3 unspecified atom stereocenters. The van der Waals surface area contributed by atoms with E-state index in [-0.39, 0.29) is 12.0 Å². The first-order valence-corrected chi connectivity index (χ1v) is 7.48. The number of rotatable bonds is 2. The van der Waals surface area contributed by atoms with Gasteiger partial charge in [-0.15, -0.1) is 0 Å². The van der Waals surface area contributed by atoms with Crippen molar-refractivity contribution >= 4 is 5.91 Å². The molecule has 0 radical (unpaired) electrons. The van der Waals surface area contributed by atoms with E-state index in [1.807, 2.05) is 0 Å². The van der Waals surface area contributed by atoms with Crippen LogP contribution in [0.5, 0.6) is 0 Å². The minimum atomic E-state index is -0.139. The van der Waals surface area contributed by atoms with Gasteiger partial charge in [0, 0.05) is 25.7 Å². The Labute approximate surface area is 109 Å². The van der Waals surface area contributed by atoms with Gasteiger partial charge in [-0.3, -0.25) is 4.79 Å². The molecule has 3 rings (SSSR count). The van der Waals surface area contributed by atoms with Gasteiger partial charge in [-0.05, 0) is 51.0 Å². The molecule has 1 amide bonds. The molecular formula is C14H24N2O2. The van der Waals surface area contributed by atoms with Crippen LogP contribution in [0.3, 0.4) is 0 Å². The van der Waals surface area contributed by atoms with E-state index in [1.54, 1.807) is 0 Å². The van der Waals surface area contributed by atoms with Gasteiger partial charge in [-0.1, -0.05) is 0 Å². The van der Waals surface area contributed by atoms with Gasteiger partial charge in [0.25, 0.3) is 5.91 Å². The van der Waals surface area contributed by atoms with Crippen LogP contribution in [-0.4, -0.2) is 49.2 Å². The van der Waals surface area contributed by atoms with Crippen LogP contribution in [0.2, 0.25) is 0 Å². The molecular weight excluding hydrogens is 228 g/mol. The molecule has 102 valence electrons. The third-order valence-corrected chi connectivity index (χ3v) is 4.64. The van der Waals surface area contributed by atoms with Crippen LogP contribution < -0.4 is 5.32 Å². The number of likely N-dealkylation sites (tertiary alicyclic amines) is 1. The summed E-state index contributed by atoms with van der Waals surface area (Å²) in [7, 11) is 0. The van der Waals surface area contributed by atoms with Crippen molar-refractivity contribution in [3.63, 3.8) is 0 Å². The van der Waals surface area contributed by atoms with Crippen molar-refractivity contribution in [3.8, 4) is 0 Å². The SMILES string of the molecule is O=C(C1CCCO1)N1CCCC(C2CCCN2)C1. The lowest BCUT2D eigenvalue weighted by atomic mass is 9.89. The van der Waals surface area contributed by atoms with E-state index in [4.69, 9.17) is 4.74 Å². The van der Waals surface area contributed by atoms with Crippen LogP contribution in [0.25, 0.3) is 0 Å². The summed E-state index contributed by atoms with van der Waals surface area (Å²) in [6.45, 7) is 3.79.